The molecule has 0 radical (unpaired) electrons. The van der Waals surface area contributed by atoms with Crippen LogP contribution in [0, 0.1) is 6.92 Å². The SMILES string of the molecule is Cc1ccc(-n2nnc(C=O)c2C(C)C)cc1Br. The smallest absolute Gasteiger partial charge is 0.172 e. The zero-order valence-corrected chi connectivity index (χ0v) is 12.1. The summed E-state index contributed by atoms with van der Waals surface area (Å²) < 4.78 is 2.73. The fraction of sp³-hybridized carbons (Fsp3) is 0.308. The number of rotatable bonds is 3. The molecule has 0 aliphatic rings. The third-order valence-electron chi connectivity index (χ3n) is 2.79. The predicted molar refractivity (Wildman–Crippen MR) is 73.3 cm³/mol. The zero-order chi connectivity index (χ0) is 13.3. The molecule has 4 nitrogen and oxygen atoms in total. The summed E-state index contributed by atoms with van der Waals surface area (Å²) in [5, 5.41) is 7.98. The normalized spacial score (nSPS) is 10.9. The summed E-state index contributed by atoms with van der Waals surface area (Å²) in [6, 6.07) is 5.95. The standard InChI is InChI=1S/C13H14BrN3O/c1-8(2)13-12(7-18)15-16-17(13)10-5-4-9(3)11(14)6-10/h4-8H,1-3H3. The highest BCUT2D eigenvalue weighted by Crippen LogP contribution is 2.24. The van der Waals surface area contributed by atoms with Gasteiger partial charge in [0.2, 0.25) is 0 Å². The third kappa shape index (κ3) is 2.22. The number of aldehydes is 1. The largest absolute Gasteiger partial charge is 0.296 e. The van der Waals surface area contributed by atoms with E-state index in [0.717, 1.165) is 27.7 Å². The molecule has 0 bridgehead atoms. The van der Waals surface area contributed by atoms with E-state index in [0.29, 0.717) is 5.69 Å². The van der Waals surface area contributed by atoms with Gasteiger partial charge in [-0.3, -0.25) is 4.79 Å². The van der Waals surface area contributed by atoms with Gasteiger partial charge >= 0.3 is 0 Å². The van der Waals surface area contributed by atoms with E-state index in [1.165, 1.54) is 0 Å². The number of hydrogen-bond donors (Lipinski definition) is 0. The summed E-state index contributed by atoms with van der Waals surface area (Å²) in [7, 11) is 0. The maximum Gasteiger partial charge on any atom is 0.172 e. The number of aromatic nitrogens is 3. The third-order valence-corrected chi connectivity index (χ3v) is 3.65. The zero-order valence-electron chi connectivity index (χ0n) is 10.5. The Morgan fingerprint density at radius 1 is 1.39 bits per heavy atom. The van der Waals surface area contributed by atoms with E-state index in [-0.39, 0.29) is 5.92 Å². The lowest BCUT2D eigenvalue weighted by Crippen LogP contribution is -2.05. The van der Waals surface area contributed by atoms with Crippen molar-refractivity contribution in [1.82, 2.24) is 15.0 Å². The molecular formula is C13H14BrN3O. The van der Waals surface area contributed by atoms with Gasteiger partial charge in [-0.05, 0) is 30.5 Å². The number of benzene rings is 1. The Morgan fingerprint density at radius 3 is 2.67 bits per heavy atom. The minimum atomic E-state index is 0.181. The number of aryl methyl sites for hydroxylation is 1. The maximum atomic E-state index is 11.0. The molecule has 0 N–H and O–H groups in total. The first-order valence-electron chi connectivity index (χ1n) is 5.72. The highest BCUT2D eigenvalue weighted by molar-refractivity contribution is 9.10. The van der Waals surface area contributed by atoms with E-state index in [9.17, 15) is 4.79 Å². The summed E-state index contributed by atoms with van der Waals surface area (Å²) in [6.07, 6.45) is 0.752. The summed E-state index contributed by atoms with van der Waals surface area (Å²) in [5.74, 6) is 0.181. The molecule has 1 aromatic heterocycles. The van der Waals surface area contributed by atoms with Crippen molar-refractivity contribution in [3.63, 3.8) is 0 Å². The van der Waals surface area contributed by atoms with E-state index in [2.05, 4.69) is 26.2 Å². The van der Waals surface area contributed by atoms with Gasteiger partial charge in [0, 0.05) is 4.47 Å². The van der Waals surface area contributed by atoms with Gasteiger partial charge in [0.1, 0.15) is 5.69 Å². The summed E-state index contributed by atoms with van der Waals surface area (Å²) in [5.41, 5.74) is 3.29. The number of carbonyl (C=O) groups excluding carboxylic acids is 1. The summed E-state index contributed by atoms with van der Waals surface area (Å²) in [6.45, 7) is 6.06. The van der Waals surface area contributed by atoms with Crippen LogP contribution in [-0.4, -0.2) is 21.3 Å². The van der Waals surface area contributed by atoms with Crippen LogP contribution in [-0.2, 0) is 0 Å². The summed E-state index contributed by atoms with van der Waals surface area (Å²) in [4.78, 5) is 11.0. The van der Waals surface area contributed by atoms with E-state index in [1.54, 1.807) is 4.68 Å². The first-order valence-corrected chi connectivity index (χ1v) is 6.51. The molecule has 0 amide bonds. The van der Waals surface area contributed by atoms with Gasteiger partial charge in [0.15, 0.2) is 6.29 Å². The highest BCUT2D eigenvalue weighted by Gasteiger charge is 2.17. The van der Waals surface area contributed by atoms with Crippen molar-refractivity contribution in [2.45, 2.75) is 26.7 Å². The molecule has 0 unspecified atom stereocenters. The van der Waals surface area contributed by atoms with Crippen LogP contribution in [0.25, 0.3) is 5.69 Å². The van der Waals surface area contributed by atoms with Crippen LogP contribution in [0.3, 0.4) is 0 Å². The molecule has 1 heterocycles. The molecule has 0 saturated carbocycles. The fourth-order valence-electron chi connectivity index (χ4n) is 1.83. The van der Waals surface area contributed by atoms with Crippen molar-refractivity contribution < 1.29 is 4.79 Å². The van der Waals surface area contributed by atoms with Crippen molar-refractivity contribution in [1.29, 1.82) is 0 Å². The van der Waals surface area contributed by atoms with Crippen molar-refractivity contribution >= 4 is 22.2 Å². The molecule has 0 aliphatic heterocycles. The van der Waals surface area contributed by atoms with Crippen molar-refractivity contribution in [3.8, 4) is 5.69 Å². The lowest BCUT2D eigenvalue weighted by molar-refractivity contribution is 0.111. The van der Waals surface area contributed by atoms with E-state index < -0.39 is 0 Å². The molecule has 0 aliphatic carbocycles. The molecule has 2 aromatic rings. The van der Waals surface area contributed by atoms with Crippen molar-refractivity contribution in [2.24, 2.45) is 0 Å². The van der Waals surface area contributed by atoms with Gasteiger partial charge in [-0.2, -0.15) is 0 Å². The second kappa shape index (κ2) is 5.02. The van der Waals surface area contributed by atoms with Gasteiger partial charge in [-0.15, -0.1) is 5.10 Å². The highest BCUT2D eigenvalue weighted by atomic mass is 79.9. The Labute approximate surface area is 114 Å². The lowest BCUT2D eigenvalue weighted by Gasteiger charge is -2.10. The minimum Gasteiger partial charge on any atom is -0.296 e. The van der Waals surface area contributed by atoms with Crippen LogP contribution >= 0.6 is 15.9 Å². The van der Waals surface area contributed by atoms with Gasteiger partial charge in [-0.1, -0.05) is 41.1 Å². The molecule has 0 fully saturated rings. The Kier molecular flexibility index (Phi) is 3.61. The van der Waals surface area contributed by atoms with Gasteiger partial charge in [-0.25, -0.2) is 4.68 Å². The number of nitrogens with zero attached hydrogens (tertiary/aromatic N) is 3. The Morgan fingerprint density at radius 2 is 2.11 bits per heavy atom. The molecule has 0 atom stereocenters. The van der Waals surface area contributed by atoms with Crippen LogP contribution in [0.4, 0.5) is 0 Å². The Balaban J connectivity index is 2.60. The average molecular weight is 308 g/mol. The van der Waals surface area contributed by atoms with Crippen LogP contribution < -0.4 is 0 Å². The van der Waals surface area contributed by atoms with Crippen molar-refractivity contribution in [2.75, 3.05) is 0 Å². The van der Waals surface area contributed by atoms with Crippen molar-refractivity contribution in [3.05, 3.63) is 39.6 Å². The van der Waals surface area contributed by atoms with E-state index in [1.807, 2.05) is 39.0 Å². The van der Waals surface area contributed by atoms with Crippen LogP contribution in [0.5, 0.6) is 0 Å². The number of halogens is 1. The Hall–Kier alpha value is -1.49. The fourth-order valence-corrected chi connectivity index (χ4v) is 2.20. The predicted octanol–water partition coefficient (Wildman–Crippen LogP) is 3.27. The van der Waals surface area contributed by atoms with Gasteiger partial charge < -0.3 is 0 Å². The molecule has 0 saturated heterocycles. The average Bonchev–Trinajstić information content (AvgIpc) is 2.76. The second-order valence-corrected chi connectivity index (χ2v) is 5.33. The van der Waals surface area contributed by atoms with E-state index in [4.69, 9.17) is 0 Å². The molecule has 94 valence electrons. The van der Waals surface area contributed by atoms with Crippen LogP contribution in [0.2, 0.25) is 0 Å². The van der Waals surface area contributed by atoms with E-state index >= 15 is 0 Å². The molecule has 5 heteroatoms. The second-order valence-electron chi connectivity index (χ2n) is 4.48. The topological polar surface area (TPSA) is 47.8 Å². The van der Waals surface area contributed by atoms with Crippen LogP contribution in [0.1, 0.15) is 41.5 Å². The minimum absolute atomic E-state index is 0.181. The monoisotopic (exact) mass is 307 g/mol. The molecule has 18 heavy (non-hydrogen) atoms. The molecular weight excluding hydrogens is 294 g/mol. The first-order chi connectivity index (χ1) is 8.54. The maximum absolute atomic E-state index is 11.0. The first kappa shape index (κ1) is 13.0. The molecule has 0 spiro atoms. The quantitative estimate of drug-likeness (QED) is 0.818. The number of carbonyl (C=O) groups is 1. The van der Waals surface area contributed by atoms with Gasteiger partial charge in [0.25, 0.3) is 0 Å². The van der Waals surface area contributed by atoms with Gasteiger partial charge in [0.05, 0.1) is 11.4 Å². The van der Waals surface area contributed by atoms with Crippen LogP contribution in [0.15, 0.2) is 22.7 Å². The lowest BCUT2D eigenvalue weighted by atomic mass is 10.1. The molecule has 2 rings (SSSR count). The number of hydrogen-bond acceptors (Lipinski definition) is 3. The summed E-state index contributed by atoms with van der Waals surface area (Å²) >= 11 is 3.50. The Bertz CT molecular complexity index is 590. The molecule has 1 aromatic carbocycles.